The quantitative estimate of drug-likeness (QED) is 0.699. The number of rotatable bonds is 8. The molecular formula is C22H28N4O3S. The molecule has 1 aromatic carbocycles. The van der Waals surface area contributed by atoms with Crippen molar-refractivity contribution in [2.45, 2.75) is 44.4 Å². The van der Waals surface area contributed by atoms with E-state index in [2.05, 4.69) is 10.3 Å². The highest BCUT2D eigenvalue weighted by Gasteiger charge is 2.31. The number of imidazole rings is 1. The summed E-state index contributed by atoms with van der Waals surface area (Å²) < 4.78 is 7.66. The van der Waals surface area contributed by atoms with Gasteiger partial charge in [0.2, 0.25) is 5.91 Å². The van der Waals surface area contributed by atoms with Crippen molar-refractivity contribution in [2.75, 3.05) is 30.0 Å². The molecule has 2 fully saturated rings. The molecule has 1 N–H and O–H groups in total. The second-order valence-electron chi connectivity index (χ2n) is 7.79. The maximum absolute atomic E-state index is 13.4. The monoisotopic (exact) mass is 428 g/mol. The van der Waals surface area contributed by atoms with Crippen molar-refractivity contribution < 1.29 is 14.3 Å². The van der Waals surface area contributed by atoms with Crippen LogP contribution < -0.4 is 5.32 Å². The topological polar surface area (TPSA) is 76.5 Å². The molecule has 3 heterocycles. The van der Waals surface area contributed by atoms with E-state index in [1.165, 1.54) is 0 Å². The first kappa shape index (κ1) is 20.9. The first-order chi connectivity index (χ1) is 14.7. The number of anilines is 1. The molecule has 2 saturated heterocycles. The first-order valence-electron chi connectivity index (χ1n) is 10.5. The summed E-state index contributed by atoms with van der Waals surface area (Å²) in [6.45, 7) is 2.00. The zero-order valence-corrected chi connectivity index (χ0v) is 17.9. The van der Waals surface area contributed by atoms with Crippen LogP contribution in [0.4, 0.5) is 5.69 Å². The number of ether oxygens (including phenoxy) is 1. The van der Waals surface area contributed by atoms with Crippen LogP contribution in [0.3, 0.4) is 0 Å². The van der Waals surface area contributed by atoms with Gasteiger partial charge in [0.25, 0.3) is 5.91 Å². The molecular weight excluding hydrogens is 400 g/mol. The Labute approximate surface area is 181 Å². The number of hydrogen-bond donors (Lipinski definition) is 1. The summed E-state index contributed by atoms with van der Waals surface area (Å²) in [7, 11) is 0. The fourth-order valence-corrected chi connectivity index (χ4v) is 5.17. The van der Waals surface area contributed by atoms with E-state index in [0.29, 0.717) is 30.8 Å². The normalized spacial score (nSPS) is 20.9. The molecule has 0 spiro atoms. The number of benzene rings is 1. The highest BCUT2D eigenvalue weighted by atomic mass is 32.2. The van der Waals surface area contributed by atoms with Gasteiger partial charge in [-0.05, 0) is 43.2 Å². The van der Waals surface area contributed by atoms with Crippen molar-refractivity contribution in [2.24, 2.45) is 0 Å². The lowest BCUT2D eigenvalue weighted by atomic mass is 10.1. The average molecular weight is 429 g/mol. The number of nitrogens with zero attached hydrogens (tertiary/aromatic N) is 3. The van der Waals surface area contributed by atoms with Gasteiger partial charge in [-0.15, -0.1) is 0 Å². The van der Waals surface area contributed by atoms with E-state index in [1.54, 1.807) is 18.6 Å². The summed E-state index contributed by atoms with van der Waals surface area (Å²) in [5, 5.41) is 2.91. The molecule has 2 aliphatic rings. The summed E-state index contributed by atoms with van der Waals surface area (Å²) in [5.41, 5.74) is 1.26. The Hall–Kier alpha value is -2.32. The molecule has 7 nitrogen and oxygen atoms in total. The third-order valence-electron chi connectivity index (χ3n) is 5.58. The second kappa shape index (κ2) is 10.1. The van der Waals surface area contributed by atoms with E-state index in [0.717, 1.165) is 37.4 Å². The van der Waals surface area contributed by atoms with Crippen molar-refractivity contribution in [1.29, 1.82) is 0 Å². The second-order valence-corrected chi connectivity index (χ2v) is 8.94. The smallest absolute Gasteiger partial charge is 0.254 e. The van der Waals surface area contributed by atoms with Crippen molar-refractivity contribution in [3.63, 3.8) is 0 Å². The standard InChI is InChI=1S/C22H28N4O3S/c27-21(6-9-25-10-8-23-16-25)24-18-4-1-3-17(13-18)22(28)26(19-7-12-30-15-19)14-20-5-2-11-29-20/h1,3-4,8,10,13,16,19-20H,2,5-7,9,11-12,14-15H2,(H,24,27). The molecule has 2 aliphatic heterocycles. The third-order valence-corrected chi connectivity index (χ3v) is 6.73. The van der Waals surface area contributed by atoms with Crippen LogP contribution in [0.2, 0.25) is 0 Å². The largest absolute Gasteiger partial charge is 0.376 e. The molecule has 8 heteroatoms. The molecule has 0 saturated carbocycles. The zero-order chi connectivity index (χ0) is 20.8. The predicted octanol–water partition coefficient (Wildman–Crippen LogP) is 3.04. The lowest BCUT2D eigenvalue weighted by Gasteiger charge is -2.31. The molecule has 1 aromatic heterocycles. The first-order valence-corrected chi connectivity index (χ1v) is 11.7. The number of carbonyl (C=O) groups is 2. The molecule has 30 heavy (non-hydrogen) atoms. The zero-order valence-electron chi connectivity index (χ0n) is 17.0. The van der Waals surface area contributed by atoms with Crippen molar-refractivity contribution >= 4 is 29.3 Å². The summed E-state index contributed by atoms with van der Waals surface area (Å²) in [6, 6.07) is 7.50. The van der Waals surface area contributed by atoms with Gasteiger partial charge in [0, 0.05) is 61.6 Å². The van der Waals surface area contributed by atoms with E-state index < -0.39 is 0 Å². The molecule has 2 aromatic rings. The van der Waals surface area contributed by atoms with E-state index in [1.807, 2.05) is 45.6 Å². The van der Waals surface area contributed by atoms with Gasteiger partial charge in [-0.25, -0.2) is 4.98 Å². The minimum absolute atomic E-state index is 0.0208. The van der Waals surface area contributed by atoms with Crippen LogP contribution >= 0.6 is 11.8 Å². The van der Waals surface area contributed by atoms with Gasteiger partial charge in [-0.2, -0.15) is 11.8 Å². The number of amides is 2. The maximum Gasteiger partial charge on any atom is 0.254 e. The Morgan fingerprint density at radius 1 is 1.33 bits per heavy atom. The number of thioether (sulfide) groups is 1. The summed E-state index contributed by atoms with van der Waals surface area (Å²) in [4.78, 5) is 31.7. The number of nitrogens with one attached hydrogen (secondary N) is 1. The van der Waals surface area contributed by atoms with Gasteiger partial charge in [0.05, 0.1) is 12.4 Å². The van der Waals surface area contributed by atoms with Crippen LogP contribution in [0, 0.1) is 0 Å². The highest BCUT2D eigenvalue weighted by molar-refractivity contribution is 7.99. The minimum atomic E-state index is -0.0864. The van der Waals surface area contributed by atoms with Gasteiger partial charge < -0.3 is 19.5 Å². The third kappa shape index (κ3) is 5.43. The Balaban J connectivity index is 1.41. The van der Waals surface area contributed by atoms with Gasteiger partial charge in [-0.3, -0.25) is 9.59 Å². The van der Waals surface area contributed by atoms with Gasteiger partial charge in [-0.1, -0.05) is 6.07 Å². The molecule has 0 radical (unpaired) electrons. The molecule has 0 bridgehead atoms. The SMILES string of the molecule is O=C(CCn1ccnc1)Nc1cccc(C(=O)N(CC2CCCO2)C2CCSC2)c1. The summed E-state index contributed by atoms with van der Waals surface area (Å²) in [5.74, 6) is 2.00. The Bertz CT molecular complexity index is 846. The van der Waals surface area contributed by atoms with E-state index in [4.69, 9.17) is 4.74 Å². The van der Waals surface area contributed by atoms with Crippen molar-refractivity contribution in [3.05, 3.63) is 48.5 Å². The van der Waals surface area contributed by atoms with Crippen LogP contribution in [0.25, 0.3) is 0 Å². The van der Waals surface area contributed by atoms with E-state index in [9.17, 15) is 9.59 Å². The fraction of sp³-hybridized carbons (Fsp3) is 0.500. The fourth-order valence-electron chi connectivity index (χ4n) is 3.94. The van der Waals surface area contributed by atoms with E-state index >= 15 is 0 Å². The lowest BCUT2D eigenvalue weighted by molar-refractivity contribution is -0.116. The van der Waals surface area contributed by atoms with Gasteiger partial charge >= 0.3 is 0 Å². The molecule has 2 unspecified atom stereocenters. The summed E-state index contributed by atoms with van der Waals surface area (Å²) >= 11 is 1.90. The highest BCUT2D eigenvalue weighted by Crippen LogP contribution is 2.26. The van der Waals surface area contributed by atoms with E-state index in [-0.39, 0.29) is 24.0 Å². The number of aryl methyl sites for hydroxylation is 1. The lowest BCUT2D eigenvalue weighted by Crippen LogP contribution is -2.44. The Morgan fingerprint density at radius 3 is 3.00 bits per heavy atom. The number of aromatic nitrogens is 2. The Kier molecular flexibility index (Phi) is 7.07. The number of carbonyl (C=O) groups excluding carboxylic acids is 2. The average Bonchev–Trinajstić information content (AvgIpc) is 3.54. The molecule has 2 amide bonds. The van der Waals surface area contributed by atoms with Gasteiger partial charge in [0.1, 0.15) is 0 Å². The molecule has 4 rings (SSSR count). The van der Waals surface area contributed by atoms with Crippen LogP contribution in [-0.4, -0.2) is 63.1 Å². The molecule has 0 aliphatic carbocycles. The van der Waals surface area contributed by atoms with Gasteiger partial charge in [0.15, 0.2) is 0 Å². The van der Waals surface area contributed by atoms with Crippen LogP contribution in [0.1, 0.15) is 36.0 Å². The van der Waals surface area contributed by atoms with Crippen molar-refractivity contribution in [1.82, 2.24) is 14.5 Å². The molecule has 160 valence electrons. The van der Waals surface area contributed by atoms with Crippen LogP contribution in [0.5, 0.6) is 0 Å². The Morgan fingerprint density at radius 2 is 2.27 bits per heavy atom. The van der Waals surface area contributed by atoms with Crippen LogP contribution in [-0.2, 0) is 16.1 Å². The summed E-state index contributed by atoms with van der Waals surface area (Å²) in [6.07, 6.45) is 8.78. The number of hydrogen-bond acceptors (Lipinski definition) is 5. The predicted molar refractivity (Wildman–Crippen MR) is 118 cm³/mol. The van der Waals surface area contributed by atoms with Crippen LogP contribution in [0.15, 0.2) is 43.0 Å². The molecule has 2 atom stereocenters. The maximum atomic E-state index is 13.4. The van der Waals surface area contributed by atoms with Crippen molar-refractivity contribution in [3.8, 4) is 0 Å². The minimum Gasteiger partial charge on any atom is -0.376 e.